The van der Waals surface area contributed by atoms with Crippen molar-refractivity contribution < 1.29 is 13.2 Å². The molecule has 0 aliphatic rings. The summed E-state index contributed by atoms with van der Waals surface area (Å²) in [4.78, 5) is 0. The molecule has 0 spiro atoms. The fraction of sp³-hybridized carbons (Fsp3) is 0.333. The second kappa shape index (κ2) is 2.31. The predicted octanol–water partition coefficient (Wildman–Crippen LogP) is 3.05. The van der Waals surface area contributed by atoms with Gasteiger partial charge in [0.15, 0.2) is 0 Å². The van der Waals surface area contributed by atoms with E-state index in [1.807, 2.05) is 0 Å². The van der Waals surface area contributed by atoms with Crippen LogP contribution in [0.3, 0.4) is 0 Å². The number of hydrogen-bond donors (Lipinski definition) is 0. The summed E-state index contributed by atoms with van der Waals surface area (Å²) >= 11 is 0. The van der Waals surface area contributed by atoms with Crippen LogP contribution in [0.1, 0.15) is 10.9 Å². The van der Waals surface area contributed by atoms with Crippen LogP contribution in [-0.2, 0) is 6.18 Å². The van der Waals surface area contributed by atoms with Crippen molar-refractivity contribution in [3.63, 3.8) is 0 Å². The zero-order valence-corrected chi connectivity index (χ0v) is 6.29. The van der Waals surface area contributed by atoms with Gasteiger partial charge in [0.05, 0.1) is 5.56 Å². The molecule has 0 aromatic carbocycles. The minimum absolute atomic E-state index is 0.215. The maximum absolute atomic E-state index is 11.8. The molecule has 1 rings (SSSR count). The summed E-state index contributed by atoms with van der Waals surface area (Å²) in [5, 5.41) is 0.798. The first-order chi connectivity index (χ1) is 4.50. The van der Waals surface area contributed by atoms with Crippen molar-refractivity contribution in [2.24, 2.45) is 0 Å². The van der Waals surface area contributed by atoms with Crippen molar-refractivity contribution in [2.45, 2.75) is 13.1 Å². The van der Waals surface area contributed by atoms with Crippen LogP contribution in [0.15, 0.2) is 11.9 Å². The van der Waals surface area contributed by atoms with Gasteiger partial charge in [-0.15, -0.1) is 8.19 Å². The molecule has 0 radical (unpaired) electrons. The molecule has 1 unspecified atom stereocenters. The SMILES string of the molecule is Cc1cc(C(F)(F)F)c[pH]1. The van der Waals surface area contributed by atoms with Gasteiger partial charge in [0.25, 0.3) is 0 Å². The monoisotopic (exact) mass is 166 g/mol. The Hall–Kier alpha value is -0.430. The van der Waals surface area contributed by atoms with Gasteiger partial charge in [-0.05, 0) is 24.1 Å². The molecular formula is C6H6F3P. The molecule has 0 bridgehead atoms. The topological polar surface area (TPSA) is 0 Å². The molecule has 0 saturated heterocycles. The number of rotatable bonds is 0. The summed E-state index contributed by atoms with van der Waals surface area (Å²) in [5.74, 6) is 1.23. The van der Waals surface area contributed by atoms with Gasteiger partial charge in [-0.2, -0.15) is 13.2 Å². The molecule has 4 heteroatoms. The minimum atomic E-state index is -4.15. The quantitative estimate of drug-likeness (QED) is 0.555. The van der Waals surface area contributed by atoms with E-state index in [1.54, 1.807) is 6.92 Å². The molecular weight excluding hydrogens is 160 g/mol. The largest absolute Gasteiger partial charge is 0.416 e. The first-order valence-corrected chi connectivity index (χ1v) is 3.80. The highest BCUT2D eigenvalue weighted by atomic mass is 31.0. The third-order valence-corrected chi connectivity index (χ3v) is 2.21. The summed E-state index contributed by atoms with van der Waals surface area (Å²) in [6.45, 7) is 1.70. The van der Waals surface area contributed by atoms with Gasteiger partial charge in [0.1, 0.15) is 0 Å². The lowest BCUT2D eigenvalue weighted by Gasteiger charge is -2.00. The fourth-order valence-electron chi connectivity index (χ4n) is 0.672. The van der Waals surface area contributed by atoms with E-state index in [0.29, 0.717) is 0 Å². The highest BCUT2D eigenvalue weighted by Gasteiger charge is 2.30. The van der Waals surface area contributed by atoms with Crippen LogP contribution in [0, 0.1) is 6.92 Å². The van der Waals surface area contributed by atoms with Crippen LogP contribution in [0.4, 0.5) is 13.2 Å². The molecule has 0 saturated carbocycles. The molecule has 1 heterocycles. The van der Waals surface area contributed by atoms with E-state index < -0.39 is 11.7 Å². The summed E-state index contributed by atoms with van der Waals surface area (Å²) in [5.41, 5.74) is -0.497. The second-order valence-corrected chi connectivity index (χ2v) is 3.44. The van der Waals surface area contributed by atoms with Crippen molar-refractivity contribution in [1.29, 1.82) is 0 Å². The Bertz CT molecular complexity index is 223. The highest BCUT2D eigenvalue weighted by molar-refractivity contribution is 7.30. The molecule has 0 nitrogen and oxygen atoms in total. The molecule has 10 heavy (non-hydrogen) atoms. The third kappa shape index (κ3) is 1.54. The maximum Gasteiger partial charge on any atom is 0.416 e. The van der Waals surface area contributed by atoms with Crippen LogP contribution in [0.25, 0.3) is 0 Å². The van der Waals surface area contributed by atoms with Crippen LogP contribution < -0.4 is 0 Å². The Morgan fingerprint density at radius 3 is 2.20 bits per heavy atom. The van der Waals surface area contributed by atoms with Crippen LogP contribution in [0.5, 0.6) is 0 Å². The molecule has 0 aliphatic heterocycles. The van der Waals surface area contributed by atoms with Crippen LogP contribution in [-0.4, -0.2) is 0 Å². The van der Waals surface area contributed by atoms with E-state index in [0.717, 1.165) is 5.30 Å². The van der Waals surface area contributed by atoms with Gasteiger partial charge in [0, 0.05) is 0 Å². The highest BCUT2D eigenvalue weighted by Crippen LogP contribution is 2.33. The predicted molar refractivity (Wildman–Crippen MR) is 35.7 cm³/mol. The maximum atomic E-state index is 11.8. The van der Waals surface area contributed by atoms with Gasteiger partial charge >= 0.3 is 6.18 Å². The number of alkyl halides is 3. The van der Waals surface area contributed by atoms with Gasteiger partial charge in [-0.1, -0.05) is 0 Å². The normalized spacial score (nSPS) is 12.8. The van der Waals surface area contributed by atoms with E-state index in [1.165, 1.54) is 11.9 Å². The zero-order valence-electron chi connectivity index (χ0n) is 5.29. The number of hydrogen-bond acceptors (Lipinski definition) is 0. The average Bonchev–Trinajstić information content (AvgIpc) is 2.11. The Kier molecular flexibility index (Phi) is 1.78. The molecule has 1 aromatic heterocycles. The fourth-order valence-corrected chi connectivity index (χ4v) is 1.54. The second-order valence-electron chi connectivity index (χ2n) is 2.07. The van der Waals surface area contributed by atoms with E-state index in [2.05, 4.69) is 0 Å². The summed E-state index contributed by atoms with van der Waals surface area (Å²) in [7, 11) is 0.215. The average molecular weight is 166 g/mol. The van der Waals surface area contributed by atoms with Crippen molar-refractivity contribution in [1.82, 2.24) is 0 Å². The Morgan fingerprint density at radius 1 is 1.40 bits per heavy atom. The van der Waals surface area contributed by atoms with Crippen LogP contribution >= 0.6 is 8.19 Å². The first-order valence-electron chi connectivity index (χ1n) is 2.72. The third-order valence-electron chi connectivity index (χ3n) is 1.15. The Labute approximate surface area is 58.1 Å². The molecule has 1 aromatic rings. The molecule has 0 N–H and O–H groups in total. The van der Waals surface area contributed by atoms with Gasteiger partial charge < -0.3 is 0 Å². The number of aryl methyl sites for hydroxylation is 1. The first kappa shape index (κ1) is 7.67. The van der Waals surface area contributed by atoms with Crippen molar-refractivity contribution in [3.8, 4) is 0 Å². The molecule has 0 aliphatic carbocycles. The molecule has 56 valence electrons. The lowest BCUT2D eigenvalue weighted by molar-refractivity contribution is -0.137. The van der Waals surface area contributed by atoms with E-state index in [-0.39, 0.29) is 8.19 Å². The smallest absolute Gasteiger partial charge is 0.166 e. The standard InChI is InChI=1S/C6H6F3P/c1-4-2-5(3-10-4)6(7,8)9/h2-3,10H,1H3. The molecule has 0 fully saturated rings. The Morgan fingerprint density at radius 2 is 2.00 bits per heavy atom. The summed E-state index contributed by atoms with van der Waals surface area (Å²) in [6.07, 6.45) is -4.15. The van der Waals surface area contributed by atoms with Crippen molar-refractivity contribution >= 4 is 8.19 Å². The van der Waals surface area contributed by atoms with E-state index in [9.17, 15) is 13.2 Å². The lowest BCUT2D eigenvalue weighted by atomic mass is 10.3. The van der Waals surface area contributed by atoms with E-state index in [4.69, 9.17) is 0 Å². The van der Waals surface area contributed by atoms with Crippen molar-refractivity contribution in [3.05, 3.63) is 22.7 Å². The molecule has 0 amide bonds. The Balaban J connectivity index is 2.96. The lowest BCUT2D eigenvalue weighted by Crippen LogP contribution is -2.01. The van der Waals surface area contributed by atoms with Gasteiger partial charge in [0.2, 0.25) is 0 Å². The molecule has 1 atom stereocenters. The number of halogens is 3. The summed E-state index contributed by atoms with van der Waals surface area (Å²) in [6, 6.07) is 1.19. The van der Waals surface area contributed by atoms with Crippen LogP contribution in [0.2, 0.25) is 0 Å². The van der Waals surface area contributed by atoms with Gasteiger partial charge in [-0.3, -0.25) is 0 Å². The zero-order chi connectivity index (χ0) is 7.78. The van der Waals surface area contributed by atoms with Gasteiger partial charge in [-0.25, -0.2) is 0 Å². The van der Waals surface area contributed by atoms with E-state index >= 15 is 0 Å². The summed E-state index contributed by atoms with van der Waals surface area (Å²) < 4.78 is 35.5. The van der Waals surface area contributed by atoms with Crippen molar-refractivity contribution in [2.75, 3.05) is 0 Å². The minimum Gasteiger partial charge on any atom is -0.166 e.